The number of esters is 1. The molecule has 2 aromatic heterocycles. The van der Waals surface area contributed by atoms with Crippen LogP contribution < -0.4 is 10.1 Å². The molecule has 1 atom stereocenters. The summed E-state index contributed by atoms with van der Waals surface area (Å²) in [6, 6.07) is 7.27. The quantitative estimate of drug-likeness (QED) is 0.615. The molecule has 0 fully saturated rings. The maximum atomic E-state index is 12.3. The van der Waals surface area contributed by atoms with E-state index in [0.717, 1.165) is 21.0 Å². The van der Waals surface area contributed by atoms with Crippen LogP contribution in [0.1, 0.15) is 37.4 Å². The lowest BCUT2D eigenvalue weighted by molar-refractivity contribution is 0.0490. The van der Waals surface area contributed by atoms with Crippen LogP contribution >= 0.6 is 11.3 Å². The first-order valence-corrected chi connectivity index (χ1v) is 10.0. The molecule has 2 heterocycles. The van der Waals surface area contributed by atoms with E-state index < -0.39 is 17.7 Å². The maximum absolute atomic E-state index is 12.3. The molecule has 1 N–H and O–H groups in total. The third-order valence-corrected chi connectivity index (χ3v) is 5.12. The van der Waals surface area contributed by atoms with Crippen LogP contribution in [0, 0.1) is 0 Å². The SMILES string of the molecule is COC(=O)c1sc2ccc3ncccc3c2c1OC[C@@H](C)NC(=O)OC(C)(C)C. The Balaban J connectivity index is 1.90. The Kier molecular flexibility index (Phi) is 5.93. The van der Waals surface area contributed by atoms with E-state index >= 15 is 0 Å². The zero-order valence-corrected chi connectivity index (χ0v) is 17.9. The third-order valence-electron chi connectivity index (χ3n) is 4.00. The van der Waals surface area contributed by atoms with Gasteiger partial charge in [-0.1, -0.05) is 6.07 Å². The Morgan fingerprint density at radius 1 is 1.24 bits per heavy atom. The minimum atomic E-state index is -0.585. The summed E-state index contributed by atoms with van der Waals surface area (Å²) in [7, 11) is 1.34. The minimum Gasteiger partial charge on any atom is -0.489 e. The normalized spacial score (nSPS) is 12.6. The van der Waals surface area contributed by atoms with Gasteiger partial charge in [-0.15, -0.1) is 11.3 Å². The molecule has 29 heavy (non-hydrogen) atoms. The molecular formula is C21H24N2O5S. The largest absolute Gasteiger partial charge is 0.489 e. The van der Waals surface area contributed by atoms with Crippen molar-refractivity contribution in [2.45, 2.75) is 39.3 Å². The molecule has 0 saturated carbocycles. The second-order valence-electron chi connectivity index (χ2n) is 7.62. The summed E-state index contributed by atoms with van der Waals surface area (Å²) in [6.07, 6.45) is 1.20. The van der Waals surface area contributed by atoms with Crippen molar-refractivity contribution >= 4 is 44.4 Å². The molecule has 0 unspecified atom stereocenters. The summed E-state index contributed by atoms with van der Waals surface area (Å²) >= 11 is 1.31. The van der Waals surface area contributed by atoms with Crippen LogP contribution in [0.25, 0.3) is 21.0 Å². The zero-order chi connectivity index (χ0) is 21.2. The highest BCUT2D eigenvalue weighted by molar-refractivity contribution is 7.21. The number of thiophene rings is 1. The van der Waals surface area contributed by atoms with Crippen LogP contribution in [-0.4, -0.2) is 42.4 Å². The average molecular weight is 416 g/mol. The number of fused-ring (bicyclic) bond motifs is 3. The number of rotatable bonds is 5. The van der Waals surface area contributed by atoms with Gasteiger partial charge in [0.05, 0.1) is 18.7 Å². The van der Waals surface area contributed by atoms with Crippen molar-refractivity contribution in [2.75, 3.05) is 13.7 Å². The Bertz CT molecular complexity index is 1050. The standard InChI is InChI=1S/C21H24N2O5S/c1-12(23-20(25)28-21(2,3)4)11-27-17-16-13-7-6-10-22-14(13)8-9-15(16)29-18(17)19(24)26-5/h6-10,12H,11H2,1-5H3,(H,23,25)/t12-/m1/s1. The number of hydrogen-bond donors (Lipinski definition) is 1. The average Bonchev–Trinajstić information content (AvgIpc) is 3.03. The molecule has 1 amide bonds. The molecule has 0 aliphatic heterocycles. The lowest BCUT2D eigenvalue weighted by Gasteiger charge is -2.22. The lowest BCUT2D eigenvalue weighted by Crippen LogP contribution is -2.40. The number of carbonyl (C=O) groups is 2. The lowest BCUT2D eigenvalue weighted by atomic mass is 10.1. The first-order valence-electron chi connectivity index (χ1n) is 9.20. The number of amides is 1. The number of nitrogens with zero attached hydrogens (tertiary/aromatic N) is 1. The van der Waals surface area contributed by atoms with Gasteiger partial charge in [0.1, 0.15) is 12.2 Å². The first-order chi connectivity index (χ1) is 13.7. The number of ether oxygens (including phenoxy) is 3. The monoisotopic (exact) mass is 416 g/mol. The highest BCUT2D eigenvalue weighted by atomic mass is 32.1. The summed E-state index contributed by atoms with van der Waals surface area (Å²) < 4.78 is 17.1. The fourth-order valence-electron chi connectivity index (χ4n) is 2.85. The van der Waals surface area contributed by atoms with Gasteiger partial charge in [-0.05, 0) is 45.9 Å². The Morgan fingerprint density at radius 2 is 2.00 bits per heavy atom. The van der Waals surface area contributed by atoms with Crippen molar-refractivity contribution in [3.8, 4) is 5.75 Å². The van der Waals surface area contributed by atoms with Crippen LogP contribution in [0.5, 0.6) is 5.75 Å². The van der Waals surface area contributed by atoms with E-state index in [1.54, 1.807) is 33.9 Å². The van der Waals surface area contributed by atoms with E-state index in [4.69, 9.17) is 14.2 Å². The van der Waals surface area contributed by atoms with E-state index in [9.17, 15) is 9.59 Å². The van der Waals surface area contributed by atoms with Crippen molar-refractivity contribution in [1.29, 1.82) is 0 Å². The topological polar surface area (TPSA) is 86.8 Å². The number of hydrogen-bond acceptors (Lipinski definition) is 7. The number of carbonyl (C=O) groups excluding carboxylic acids is 2. The molecule has 8 heteroatoms. The van der Waals surface area contributed by atoms with Crippen molar-refractivity contribution < 1.29 is 23.8 Å². The van der Waals surface area contributed by atoms with Crippen molar-refractivity contribution in [2.24, 2.45) is 0 Å². The minimum absolute atomic E-state index is 0.158. The smallest absolute Gasteiger partial charge is 0.407 e. The molecule has 0 spiro atoms. The number of benzene rings is 1. The van der Waals surface area contributed by atoms with Crippen molar-refractivity contribution in [1.82, 2.24) is 10.3 Å². The molecule has 1 aromatic carbocycles. The van der Waals surface area contributed by atoms with Crippen molar-refractivity contribution in [3.05, 3.63) is 35.3 Å². The van der Waals surface area contributed by atoms with Gasteiger partial charge >= 0.3 is 12.1 Å². The highest BCUT2D eigenvalue weighted by Gasteiger charge is 2.24. The van der Waals surface area contributed by atoms with Gasteiger partial charge in [0, 0.05) is 21.7 Å². The molecule has 3 rings (SSSR count). The van der Waals surface area contributed by atoms with Crippen molar-refractivity contribution in [3.63, 3.8) is 0 Å². The molecule has 0 bridgehead atoms. The van der Waals surface area contributed by atoms with Gasteiger partial charge in [-0.2, -0.15) is 0 Å². The zero-order valence-electron chi connectivity index (χ0n) is 17.1. The molecule has 3 aromatic rings. The van der Waals surface area contributed by atoms with Gasteiger partial charge in [-0.25, -0.2) is 9.59 Å². The van der Waals surface area contributed by atoms with Crippen LogP contribution in [0.3, 0.4) is 0 Å². The fourth-order valence-corrected chi connectivity index (χ4v) is 3.93. The Labute approximate surface area is 173 Å². The molecule has 0 aliphatic rings. The molecule has 0 saturated heterocycles. The first kappa shape index (κ1) is 20.9. The third kappa shape index (κ3) is 4.76. The molecule has 7 nitrogen and oxygen atoms in total. The van der Waals surface area contributed by atoms with Gasteiger partial charge in [-0.3, -0.25) is 4.98 Å². The number of nitrogens with one attached hydrogen (secondary N) is 1. The summed E-state index contributed by atoms with van der Waals surface area (Å²) in [5.74, 6) is -0.0284. The van der Waals surface area contributed by atoms with Crippen LogP contribution in [0.15, 0.2) is 30.5 Å². The van der Waals surface area contributed by atoms with E-state index in [1.807, 2.05) is 24.3 Å². The number of aromatic nitrogens is 1. The van der Waals surface area contributed by atoms with Gasteiger partial charge < -0.3 is 19.5 Å². The van der Waals surface area contributed by atoms with Gasteiger partial charge in [0.15, 0.2) is 10.6 Å². The summed E-state index contributed by atoms with van der Waals surface area (Å²) in [6.45, 7) is 7.36. The fraction of sp³-hybridized carbons (Fsp3) is 0.381. The number of pyridine rings is 1. The molecule has 154 valence electrons. The summed E-state index contributed by atoms with van der Waals surface area (Å²) in [5.41, 5.74) is 0.219. The predicted octanol–water partition coefficient (Wildman–Crippen LogP) is 4.53. The maximum Gasteiger partial charge on any atom is 0.407 e. The van der Waals surface area contributed by atoms with E-state index in [2.05, 4.69) is 10.3 Å². The molecule has 0 radical (unpaired) electrons. The van der Waals surface area contributed by atoms with Gasteiger partial charge in [0.25, 0.3) is 0 Å². The highest BCUT2D eigenvalue weighted by Crippen LogP contribution is 2.42. The van der Waals surface area contributed by atoms with Gasteiger partial charge in [0.2, 0.25) is 0 Å². The van der Waals surface area contributed by atoms with E-state index in [1.165, 1.54) is 18.4 Å². The molecular weight excluding hydrogens is 392 g/mol. The Hall–Kier alpha value is -2.87. The van der Waals surface area contributed by atoms with E-state index in [-0.39, 0.29) is 12.6 Å². The van der Waals surface area contributed by atoms with Crippen LogP contribution in [0.2, 0.25) is 0 Å². The predicted molar refractivity (Wildman–Crippen MR) is 113 cm³/mol. The second-order valence-corrected chi connectivity index (χ2v) is 8.67. The number of alkyl carbamates (subject to hydrolysis) is 1. The number of methoxy groups -OCH3 is 1. The van der Waals surface area contributed by atoms with E-state index in [0.29, 0.717) is 10.6 Å². The molecule has 0 aliphatic carbocycles. The Morgan fingerprint density at radius 3 is 2.69 bits per heavy atom. The van der Waals surface area contributed by atoms with Crippen LogP contribution in [-0.2, 0) is 9.47 Å². The summed E-state index contributed by atoms with van der Waals surface area (Å²) in [5, 5.41) is 4.43. The summed E-state index contributed by atoms with van der Waals surface area (Å²) in [4.78, 5) is 29.0. The second kappa shape index (κ2) is 8.24. The van der Waals surface area contributed by atoms with Crippen LogP contribution in [0.4, 0.5) is 4.79 Å².